The van der Waals surface area contributed by atoms with Crippen LogP contribution in [0.5, 0.6) is 0 Å². The van der Waals surface area contributed by atoms with Gasteiger partial charge in [0.25, 0.3) is 11.6 Å². The molecule has 1 aromatic heterocycles. The molecule has 2 fully saturated rings. The maximum absolute atomic E-state index is 13.2. The number of aliphatic carboxylic acids is 1. The molecule has 146 valence electrons. The molecule has 28 heavy (non-hydrogen) atoms. The van der Waals surface area contributed by atoms with Crippen molar-refractivity contribution in [1.29, 1.82) is 0 Å². The van der Waals surface area contributed by atoms with Crippen LogP contribution in [0.2, 0.25) is 0 Å². The molecule has 0 bridgehead atoms. The molecule has 1 saturated carbocycles. The van der Waals surface area contributed by atoms with Gasteiger partial charge in [-0.15, -0.1) is 0 Å². The van der Waals surface area contributed by atoms with E-state index in [1.807, 2.05) is 0 Å². The van der Waals surface area contributed by atoms with Crippen LogP contribution in [0, 0.1) is 27.9 Å². The van der Waals surface area contributed by atoms with Crippen molar-refractivity contribution in [3.8, 4) is 11.3 Å². The summed E-state index contributed by atoms with van der Waals surface area (Å²) >= 11 is 0. The minimum Gasteiger partial charge on any atom is -0.481 e. The summed E-state index contributed by atoms with van der Waals surface area (Å²) in [5, 5.41) is 24.7. The van der Waals surface area contributed by atoms with Crippen molar-refractivity contribution < 1.29 is 19.6 Å². The Bertz CT molecular complexity index is 948. The molecular formula is C19H20N4O5. The number of hydrogen-bond donors (Lipinski definition) is 1. The van der Waals surface area contributed by atoms with Crippen LogP contribution in [0.3, 0.4) is 0 Å². The van der Waals surface area contributed by atoms with Gasteiger partial charge in [0.2, 0.25) is 0 Å². The molecule has 1 amide bonds. The second-order valence-corrected chi connectivity index (χ2v) is 7.53. The molecule has 2 aromatic rings. The van der Waals surface area contributed by atoms with Crippen LogP contribution in [0.4, 0.5) is 5.69 Å². The molecule has 4 rings (SSSR count). The number of non-ortho nitro benzene ring substituents is 1. The average Bonchev–Trinajstić information content (AvgIpc) is 3.29. The van der Waals surface area contributed by atoms with Gasteiger partial charge in [-0.1, -0.05) is 0 Å². The van der Waals surface area contributed by atoms with Crippen molar-refractivity contribution in [2.75, 3.05) is 13.1 Å². The Morgan fingerprint density at radius 3 is 2.46 bits per heavy atom. The number of nitro benzene ring substituents is 1. The van der Waals surface area contributed by atoms with E-state index in [0.717, 1.165) is 12.8 Å². The van der Waals surface area contributed by atoms with Crippen LogP contribution in [0.15, 0.2) is 30.5 Å². The Morgan fingerprint density at radius 1 is 1.21 bits per heavy atom. The average molecular weight is 384 g/mol. The molecule has 0 spiro atoms. The van der Waals surface area contributed by atoms with E-state index in [4.69, 9.17) is 0 Å². The fourth-order valence-corrected chi connectivity index (χ4v) is 4.03. The number of benzene rings is 1. The second-order valence-electron chi connectivity index (χ2n) is 7.53. The predicted molar refractivity (Wildman–Crippen MR) is 98.5 cm³/mol. The number of rotatable bonds is 5. The number of carbonyl (C=O) groups is 2. The highest BCUT2D eigenvalue weighted by Crippen LogP contribution is 2.44. The van der Waals surface area contributed by atoms with E-state index < -0.39 is 16.8 Å². The fourth-order valence-electron chi connectivity index (χ4n) is 4.03. The number of hydrogen-bond acceptors (Lipinski definition) is 5. The molecule has 9 heteroatoms. The molecule has 2 atom stereocenters. The van der Waals surface area contributed by atoms with E-state index in [-0.39, 0.29) is 24.1 Å². The normalized spacial score (nSPS) is 21.7. The summed E-state index contributed by atoms with van der Waals surface area (Å²) in [6, 6.07) is 5.87. The summed E-state index contributed by atoms with van der Waals surface area (Å²) in [7, 11) is 1.70. The lowest BCUT2D eigenvalue weighted by Gasteiger charge is -2.16. The maximum atomic E-state index is 13.2. The third kappa shape index (κ3) is 3.23. The lowest BCUT2D eigenvalue weighted by atomic mass is 9.92. The number of carboxylic acid groups (broad SMARTS) is 1. The van der Waals surface area contributed by atoms with E-state index in [9.17, 15) is 24.8 Å². The molecule has 1 saturated heterocycles. The predicted octanol–water partition coefficient (Wildman–Crippen LogP) is 2.18. The molecule has 0 unspecified atom stereocenters. The lowest BCUT2D eigenvalue weighted by Crippen LogP contribution is -2.30. The van der Waals surface area contributed by atoms with Gasteiger partial charge in [0, 0.05) is 44.0 Å². The van der Waals surface area contributed by atoms with Gasteiger partial charge in [-0.2, -0.15) is 5.10 Å². The maximum Gasteiger partial charge on any atom is 0.308 e. The first-order valence-corrected chi connectivity index (χ1v) is 9.15. The third-order valence-corrected chi connectivity index (χ3v) is 5.61. The van der Waals surface area contributed by atoms with Gasteiger partial charge in [-0.3, -0.25) is 24.4 Å². The van der Waals surface area contributed by atoms with Crippen molar-refractivity contribution in [2.45, 2.75) is 12.8 Å². The van der Waals surface area contributed by atoms with Gasteiger partial charge in [0.1, 0.15) is 5.69 Å². The number of nitro groups is 1. The van der Waals surface area contributed by atoms with E-state index in [1.165, 1.54) is 16.8 Å². The summed E-state index contributed by atoms with van der Waals surface area (Å²) in [4.78, 5) is 36.8. The standard InChI is InChI=1S/C19H20N4O5/c1-21-8-16(17(20-21)12-4-6-13(7-5-12)23(27)28)18(24)22-9-14(11-2-3-11)15(10-22)19(25)26/h4-8,11,14-15H,2-3,9-10H2,1H3,(H,25,26)/t14-,15+/m1/s1. The van der Waals surface area contributed by atoms with E-state index in [2.05, 4.69) is 5.10 Å². The first kappa shape index (κ1) is 18.1. The summed E-state index contributed by atoms with van der Waals surface area (Å²) in [5.74, 6) is -1.25. The molecule has 1 aliphatic carbocycles. The quantitative estimate of drug-likeness (QED) is 0.623. The second kappa shape index (κ2) is 6.74. The number of aryl methyl sites for hydroxylation is 1. The molecule has 2 aliphatic rings. The smallest absolute Gasteiger partial charge is 0.308 e. The SMILES string of the molecule is Cn1cc(C(=O)N2C[C@H](C(=O)O)[C@@H](C3CC3)C2)c(-c2ccc([N+](=O)[O-])cc2)n1. The number of nitrogens with zero attached hydrogens (tertiary/aromatic N) is 4. The highest BCUT2D eigenvalue weighted by Gasteiger charge is 2.47. The third-order valence-electron chi connectivity index (χ3n) is 5.61. The Morgan fingerprint density at radius 2 is 1.89 bits per heavy atom. The number of carboxylic acids is 1. The Hall–Kier alpha value is -3.23. The van der Waals surface area contributed by atoms with E-state index >= 15 is 0 Å². The van der Waals surface area contributed by atoms with Crippen LogP contribution in [0.1, 0.15) is 23.2 Å². The molecule has 9 nitrogen and oxygen atoms in total. The topological polar surface area (TPSA) is 119 Å². The number of amides is 1. The van der Waals surface area contributed by atoms with Crippen molar-refractivity contribution in [2.24, 2.45) is 24.8 Å². The summed E-state index contributed by atoms with van der Waals surface area (Å²) in [6.45, 7) is 0.638. The molecule has 2 heterocycles. The van der Waals surface area contributed by atoms with Gasteiger partial charge < -0.3 is 10.0 Å². The van der Waals surface area contributed by atoms with Crippen LogP contribution >= 0.6 is 0 Å². The lowest BCUT2D eigenvalue weighted by molar-refractivity contribution is -0.384. The van der Waals surface area contributed by atoms with Gasteiger partial charge in [0.15, 0.2) is 0 Å². The zero-order valence-electron chi connectivity index (χ0n) is 15.3. The Labute approximate surface area is 160 Å². The van der Waals surface area contributed by atoms with Crippen molar-refractivity contribution >= 4 is 17.6 Å². The number of aromatic nitrogens is 2. The van der Waals surface area contributed by atoms with Gasteiger partial charge in [-0.05, 0) is 36.8 Å². The number of carbonyl (C=O) groups excluding carboxylic acids is 1. The van der Waals surface area contributed by atoms with E-state index in [1.54, 1.807) is 30.3 Å². The first-order chi connectivity index (χ1) is 13.3. The van der Waals surface area contributed by atoms with Gasteiger partial charge >= 0.3 is 5.97 Å². The van der Waals surface area contributed by atoms with E-state index in [0.29, 0.717) is 29.3 Å². The summed E-state index contributed by atoms with van der Waals surface area (Å²) in [6.07, 6.45) is 3.66. The molecule has 1 aliphatic heterocycles. The van der Waals surface area contributed by atoms with Crippen molar-refractivity contribution in [3.05, 3.63) is 46.1 Å². The molecule has 1 aromatic carbocycles. The largest absolute Gasteiger partial charge is 0.481 e. The van der Waals surface area contributed by atoms with Crippen LogP contribution in [-0.2, 0) is 11.8 Å². The molecule has 0 radical (unpaired) electrons. The van der Waals surface area contributed by atoms with Crippen molar-refractivity contribution in [1.82, 2.24) is 14.7 Å². The Balaban J connectivity index is 1.62. The number of likely N-dealkylation sites (tertiary alicyclic amines) is 1. The van der Waals surface area contributed by atoms with Crippen LogP contribution < -0.4 is 0 Å². The van der Waals surface area contributed by atoms with Gasteiger partial charge in [-0.25, -0.2) is 0 Å². The highest BCUT2D eigenvalue weighted by atomic mass is 16.6. The Kier molecular flexibility index (Phi) is 4.37. The molecule has 1 N–H and O–H groups in total. The van der Waals surface area contributed by atoms with Gasteiger partial charge in [0.05, 0.1) is 16.4 Å². The molecular weight excluding hydrogens is 364 g/mol. The minimum atomic E-state index is -0.853. The monoisotopic (exact) mass is 384 g/mol. The first-order valence-electron chi connectivity index (χ1n) is 9.15. The zero-order chi connectivity index (χ0) is 20.0. The van der Waals surface area contributed by atoms with Crippen molar-refractivity contribution in [3.63, 3.8) is 0 Å². The van der Waals surface area contributed by atoms with Crippen LogP contribution in [-0.4, -0.2) is 49.7 Å². The minimum absolute atomic E-state index is 0.000876. The summed E-state index contributed by atoms with van der Waals surface area (Å²) in [5.41, 5.74) is 1.37. The summed E-state index contributed by atoms with van der Waals surface area (Å²) < 4.78 is 1.52. The zero-order valence-corrected chi connectivity index (χ0v) is 15.3. The fraction of sp³-hybridized carbons (Fsp3) is 0.421. The van der Waals surface area contributed by atoms with Crippen LogP contribution in [0.25, 0.3) is 11.3 Å². The highest BCUT2D eigenvalue weighted by molar-refractivity contribution is 6.00.